The van der Waals surface area contributed by atoms with E-state index in [4.69, 9.17) is 0 Å². The molecule has 0 spiro atoms. The first-order valence-electron chi connectivity index (χ1n) is 9.38. The van der Waals surface area contributed by atoms with Crippen LogP contribution in [0.25, 0.3) is 11.1 Å². The molecule has 0 fully saturated rings. The molecule has 3 heteroatoms. The Balaban J connectivity index is 1.69. The van der Waals surface area contributed by atoms with E-state index >= 15 is 0 Å². The lowest BCUT2D eigenvalue weighted by Gasteiger charge is -2.18. The van der Waals surface area contributed by atoms with Gasteiger partial charge in [-0.2, -0.15) is 0 Å². The summed E-state index contributed by atoms with van der Waals surface area (Å²) in [4.78, 5) is 14.6. The quantitative estimate of drug-likeness (QED) is 0.785. The molecule has 0 saturated carbocycles. The molecule has 0 radical (unpaired) electrons. The molecule has 1 atom stereocenters. The summed E-state index contributed by atoms with van der Waals surface area (Å²) in [5, 5.41) is 3.14. The third-order valence-electron chi connectivity index (χ3n) is 4.87. The maximum Gasteiger partial charge on any atom is 0.223 e. The van der Waals surface area contributed by atoms with E-state index in [2.05, 4.69) is 78.9 Å². The van der Waals surface area contributed by atoms with E-state index in [0.29, 0.717) is 6.54 Å². The van der Waals surface area contributed by atoms with Gasteiger partial charge in [0.05, 0.1) is 0 Å². The minimum absolute atomic E-state index is 0.123. The van der Waals surface area contributed by atoms with E-state index in [1.165, 1.54) is 16.7 Å². The second kappa shape index (κ2) is 8.81. The number of benzene rings is 2. The molecule has 0 saturated heterocycles. The Morgan fingerprint density at radius 2 is 1.85 bits per heavy atom. The highest BCUT2D eigenvalue weighted by Gasteiger charge is 2.18. The second-order valence-corrected chi connectivity index (χ2v) is 7.29. The van der Waals surface area contributed by atoms with Crippen molar-refractivity contribution in [1.29, 1.82) is 0 Å². The lowest BCUT2D eigenvalue weighted by molar-refractivity contribution is -0.125. The molecule has 0 aliphatic heterocycles. The number of allylic oxidation sites excluding steroid dienone is 2. The van der Waals surface area contributed by atoms with Gasteiger partial charge in [-0.15, -0.1) is 0 Å². The van der Waals surface area contributed by atoms with Gasteiger partial charge in [0.2, 0.25) is 5.91 Å². The number of nitrogens with zero attached hydrogens (tertiary/aromatic N) is 1. The molecule has 26 heavy (non-hydrogen) atoms. The van der Waals surface area contributed by atoms with Gasteiger partial charge in [0.15, 0.2) is 0 Å². The number of hydrogen-bond acceptors (Lipinski definition) is 2. The topological polar surface area (TPSA) is 32.3 Å². The van der Waals surface area contributed by atoms with Gasteiger partial charge in [0.1, 0.15) is 0 Å². The van der Waals surface area contributed by atoms with Crippen molar-refractivity contribution in [1.82, 2.24) is 10.2 Å². The zero-order valence-corrected chi connectivity index (χ0v) is 15.7. The largest absolute Gasteiger partial charge is 0.352 e. The number of carbonyl (C=O) groups is 1. The van der Waals surface area contributed by atoms with Crippen LogP contribution < -0.4 is 5.32 Å². The lowest BCUT2D eigenvalue weighted by atomic mass is 9.93. The maximum absolute atomic E-state index is 12.4. The predicted octanol–water partition coefficient (Wildman–Crippen LogP) is 4.39. The summed E-state index contributed by atoms with van der Waals surface area (Å²) in [6, 6.07) is 17.0. The van der Waals surface area contributed by atoms with Crippen LogP contribution in [0, 0.1) is 5.92 Å². The van der Waals surface area contributed by atoms with Crippen LogP contribution in [0.4, 0.5) is 0 Å². The Morgan fingerprint density at radius 1 is 1.08 bits per heavy atom. The molecule has 2 aromatic carbocycles. The molecular weight excluding hydrogens is 320 g/mol. The number of hydrogen-bond donors (Lipinski definition) is 1. The standard InChI is InChI=1S/C23H28N2O/c1-25(2)17-18-12-14-19(15-13-18)22-11-7-6-10-21(22)16-24-23(26)20-8-4-3-5-9-20/h3-4,6-7,10-15,20H,5,8-9,16-17H2,1-2H3,(H,24,26)/t20-/m1/s1. The van der Waals surface area contributed by atoms with E-state index < -0.39 is 0 Å². The normalized spacial score (nSPS) is 16.7. The number of rotatable bonds is 6. The molecule has 136 valence electrons. The Hall–Kier alpha value is -2.39. The highest BCUT2D eigenvalue weighted by atomic mass is 16.1. The average Bonchev–Trinajstić information content (AvgIpc) is 2.67. The maximum atomic E-state index is 12.4. The summed E-state index contributed by atoms with van der Waals surface area (Å²) < 4.78 is 0. The van der Waals surface area contributed by atoms with Gasteiger partial charge in [0, 0.05) is 19.0 Å². The third kappa shape index (κ3) is 4.83. The van der Waals surface area contributed by atoms with Crippen LogP contribution in [0.2, 0.25) is 0 Å². The van der Waals surface area contributed by atoms with E-state index in [1.807, 2.05) is 6.07 Å². The predicted molar refractivity (Wildman–Crippen MR) is 108 cm³/mol. The van der Waals surface area contributed by atoms with Gasteiger partial charge in [-0.1, -0.05) is 60.7 Å². The molecule has 0 bridgehead atoms. The highest BCUT2D eigenvalue weighted by Crippen LogP contribution is 2.25. The van der Waals surface area contributed by atoms with Crippen LogP contribution in [-0.4, -0.2) is 24.9 Å². The smallest absolute Gasteiger partial charge is 0.223 e. The fraction of sp³-hybridized carbons (Fsp3) is 0.348. The van der Waals surface area contributed by atoms with Gasteiger partial charge in [-0.25, -0.2) is 0 Å². The van der Waals surface area contributed by atoms with Crippen molar-refractivity contribution in [2.75, 3.05) is 14.1 Å². The number of carbonyl (C=O) groups excluding carboxylic acids is 1. The average molecular weight is 348 g/mol. The van der Waals surface area contributed by atoms with E-state index in [9.17, 15) is 4.79 Å². The number of amides is 1. The molecule has 0 aromatic heterocycles. The minimum atomic E-state index is 0.123. The van der Waals surface area contributed by atoms with Crippen molar-refractivity contribution in [2.24, 2.45) is 5.92 Å². The van der Waals surface area contributed by atoms with Crippen molar-refractivity contribution >= 4 is 5.91 Å². The van der Waals surface area contributed by atoms with E-state index in [1.54, 1.807) is 0 Å². The van der Waals surface area contributed by atoms with Gasteiger partial charge >= 0.3 is 0 Å². The molecule has 2 aromatic rings. The fourth-order valence-corrected chi connectivity index (χ4v) is 3.47. The zero-order valence-electron chi connectivity index (χ0n) is 15.7. The van der Waals surface area contributed by atoms with Crippen LogP contribution in [0.15, 0.2) is 60.7 Å². The molecular formula is C23H28N2O. The first-order chi connectivity index (χ1) is 12.6. The monoisotopic (exact) mass is 348 g/mol. The zero-order chi connectivity index (χ0) is 18.4. The van der Waals surface area contributed by atoms with Crippen LogP contribution in [0.3, 0.4) is 0 Å². The van der Waals surface area contributed by atoms with Crippen molar-refractivity contribution < 1.29 is 4.79 Å². The summed E-state index contributed by atoms with van der Waals surface area (Å²) in [7, 11) is 4.15. The van der Waals surface area contributed by atoms with Crippen LogP contribution in [0.1, 0.15) is 30.4 Å². The Kier molecular flexibility index (Phi) is 6.24. The first kappa shape index (κ1) is 18.4. The van der Waals surface area contributed by atoms with Crippen molar-refractivity contribution in [3.63, 3.8) is 0 Å². The molecule has 0 heterocycles. The van der Waals surface area contributed by atoms with Gasteiger partial charge in [-0.05, 0) is 55.6 Å². The molecule has 1 aliphatic carbocycles. The summed E-state index contributed by atoms with van der Waals surface area (Å²) in [5.41, 5.74) is 4.84. The molecule has 0 unspecified atom stereocenters. The Labute approximate surface area is 156 Å². The van der Waals surface area contributed by atoms with Crippen molar-refractivity contribution in [3.05, 3.63) is 71.8 Å². The van der Waals surface area contributed by atoms with Gasteiger partial charge in [-0.3, -0.25) is 4.79 Å². The summed E-state index contributed by atoms with van der Waals surface area (Å²) in [6.07, 6.45) is 7.11. The second-order valence-electron chi connectivity index (χ2n) is 7.29. The third-order valence-corrected chi connectivity index (χ3v) is 4.87. The minimum Gasteiger partial charge on any atom is -0.352 e. The summed E-state index contributed by atoms with van der Waals surface area (Å²) in [6.45, 7) is 1.52. The summed E-state index contributed by atoms with van der Waals surface area (Å²) >= 11 is 0. The van der Waals surface area contributed by atoms with Gasteiger partial charge in [0.25, 0.3) is 0 Å². The van der Waals surface area contributed by atoms with E-state index in [0.717, 1.165) is 31.4 Å². The van der Waals surface area contributed by atoms with E-state index in [-0.39, 0.29) is 11.8 Å². The molecule has 3 nitrogen and oxygen atoms in total. The van der Waals surface area contributed by atoms with Crippen molar-refractivity contribution in [3.8, 4) is 11.1 Å². The molecule has 3 rings (SSSR count). The summed E-state index contributed by atoms with van der Waals surface area (Å²) in [5.74, 6) is 0.294. The lowest BCUT2D eigenvalue weighted by Crippen LogP contribution is -2.30. The van der Waals surface area contributed by atoms with Crippen LogP contribution in [0.5, 0.6) is 0 Å². The van der Waals surface area contributed by atoms with Crippen molar-refractivity contribution in [2.45, 2.75) is 32.4 Å². The highest BCUT2D eigenvalue weighted by molar-refractivity contribution is 5.79. The molecule has 1 aliphatic rings. The van der Waals surface area contributed by atoms with Crippen LogP contribution in [-0.2, 0) is 17.9 Å². The molecule has 1 amide bonds. The van der Waals surface area contributed by atoms with Gasteiger partial charge < -0.3 is 10.2 Å². The Bertz CT molecular complexity index is 762. The Morgan fingerprint density at radius 3 is 2.54 bits per heavy atom. The molecule has 1 N–H and O–H groups in total. The number of nitrogens with one attached hydrogen (secondary N) is 1. The van der Waals surface area contributed by atoms with Crippen LogP contribution >= 0.6 is 0 Å². The first-order valence-corrected chi connectivity index (χ1v) is 9.38. The fourth-order valence-electron chi connectivity index (χ4n) is 3.47. The SMILES string of the molecule is CN(C)Cc1ccc(-c2ccccc2CNC(=O)[C@@H]2CC=CCC2)cc1.